The maximum Gasteiger partial charge on any atom is 0.143 e. The Balaban J connectivity index is 2.12. The fraction of sp³-hybridized carbons (Fsp3) is 0.222. The highest BCUT2D eigenvalue weighted by molar-refractivity contribution is 9.10. The van der Waals surface area contributed by atoms with E-state index in [2.05, 4.69) is 70.1 Å². The van der Waals surface area contributed by atoms with Gasteiger partial charge in [0.1, 0.15) is 11.4 Å². The standard InChI is InChI=1S/C18H20BrN4/c1-22-12-15(21-20-14-10-8-13(19)9-11-14)18-16(22)6-5-7-17(18)23(2,3)4/h5-12H,1-4H3/q+1. The number of quaternary nitrogens is 1. The van der Waals surface area contributed by atoms with Crippen LogP contribution in [-0.2, 0) is 7.05 Å². The highest BCUT2D eigenvalue weighted by atomic mass is 79.9. The molecule has 1 heterocycles. The van der Waals surface area contributed by atoms with Crippen molar-refractivity contribution in [2.75, 3.05) is 21.1 Å². The van der Waals surface area contributed by atoms with E-state index in [1.165, 1.54) is 11.2 Å². The van der Waals surface area contributed by atoms with Crippen molar-refractivity contribution in [3.8, 4) is 0 Å². The molecule has 0 bridgehead atoms. The van der Waals surface area contributed by atoms with Gasteiger partial charge in [0.25, 0.3) is 0 Å². The van der Waals surface area contributed by atoms with Gasteiger partial charge in [0.05, 0.1) is 37.7 Å². The van der Waals surface area contributed by atoms with Crippen LogP contribution in [0, 0.1) is 0 Å². The molecule has 0 spiro atoms. The number of aryl methyl sites for hydroxylation is 1. The van der Waals surface area contributed by atoms with Gasteiger partial charge in [-0.1, -0.05) is 22.0 Å². The molecule has 0 amide bonds. The minimum atomic E-state index is 0.738. The summed E-state index contributed by atoms with van der Waals surface area (Å²) in [5.74, 6) is 0. The quantitative estimate of drug-likeness (QED) is 0.426. The monoisotopic (exact) mass is 371 g/mol. The molecule has 0 saturated heterocycles. The van der Waals surface area contributed by atoms with E-state index in [4.69, 9.17) is 0 Å². The van der Waals surface area contributed by atoms with Gasteiger partial charge in [-0.15, -0.1) is 5.11 Å². The summed E-state index contributed by atoms with van der Waals surface area (Å²) in [6, 6.07) is 14.2. The van der Waals surface area contributed by atoms with Crippen molar-refractivity contribution in [1.82, 2.24) is 9.05 Å². The van der Waals surface area contributed by atoms with Gasteiger partial charge in [-0.3, -0.25) is 4.48 Å². The minimum absolute atomic E-state index is 0.738. The molecule has 0 saturated carbocycles. The average molecular weight is 372 g/mol. The van der Waals surface area contributed by atoms with E-state index < -0.39 is 0 Å². The third kappa shape index (κ3) is 3.21. The molecule has 0 radical (unpaired) electrons. The molecule has 1 aromatic heterocycles. The predicted octanol–water partition coefficient (Wildman–Crippen LogP) is 5.55. The molecule has 0 aliphatic rings. The van der Waals surface area contributed by atoms with Crippen molar-refractivity contribution in [2.45, 2.75) is 0 Å². The summed E-state index contributed by atoms with van der Waals surface area (Å²) in [6.45, 7) is 0. The van der Waals surface area contributed by atoms with Crippen molar-refractivity contribution in [2.24, 2.45) is 17.3 Å². The second-order valence-corrected chi connectivity index (χ2v) is 7.40. The molecule has 4 nitrogen and oxygen atoms in total. The first-order valence-electron chi connectivity index (χ1n) is 7.43. The number of nitrogens with zero attached hydrogens (tertiary/aromatic N) is 4. The van der Waals surface area contributed by atoms with Crippen molar-refractivity contribution in [3.05, 3.63) is 53.1 Å². The van der Waals surface area contributed by atoms with Crippen LogP contribution >= 0.6 is 15.9 Å². The third-order valence-corrected chi connectivity index (χ3v) is 4.32. The summed E-state index contributed by atoms with van der Waals surface area (Å²) in [7, 11) is 8.53. The zero-order valence-corrected chi connectivity index (χ0v) is 15.4. The maximum atomic E-state index is 4.51. The van der Waals surface area contributed by atoms with Crippen LogP contribution in [0.15, 0.2) is 63.4 Å². The lowest BCUT2D eigenvalue weighted by molar-refractivity contribution is 0.490. The number of benzene rings is 2. The molecule has 0 aliphatic heterocycles. The van der Waals surface area contributed by atoms with Crippen LogP contribution < -0.4 is 4.48 Å². The summed E-state index contributed by atoms with van der Waals surface area (Å²) in [5.41, 5.74) is 4.13. The molecule has 2 aromatic carbocycles. The average Bonchev–Trinajstić information content (AvgIpc) is 2.82. The number of rotatable bonds is 3. The van der Waals surface area contributed by atoms with Crippen molar-refractivity contribution in [3.63, 3.8) is 0 Å². The maximum absolute atomic E-state index is 4.51. The number of hydrogen-bond acceptors (Lipinski definition) is 2. The summed E-state index contributed by atoms with van der Waals surface area (Å²) < 4.78 is 3.88. The molecule has 0 N–H and O–H groups in total. The number of aromatic nitrogens is 1. The summed E-state index contributed by atoms with van der Waals surface area (Å²) >= 11 is 3.43. The molecular formula is C18H20BrN4+. The molecule has 0 aliphatic carbocycles. The normalized spacial score (nSPS) is 12.4. The number of fused-ring (bicyclic) bond motifs is 1. The Morgan fingerprint density at radius 3 is 2.30 bits per heavy atom. The Hall–Kier alpha value is -1.98. The highest BCUT2D eigenvalue weighted by Gasteiger charge is 2.20. The predicted molar refractivity (Wildman–Crippen MR) is 101 cm³/mol. The lowest BCUT2D eigenvalue weighted by Gasteiger charge is -2.24. The van der Waals surface area contributed by atoms with Gasteiger partial charge in [-0.25, -0.2) is 0 Å². The van der Waals surface area contributed by atoms with Gasteiger partial charge in [-0.05, 0) is 36.4 Å². The van der Waals surface area contributed by atoms with Gasteiger partial charge < -0.3 is 4.57 Å². The van der Waals surface area contributed by atoms with Gasteiger partial charge in [0.15, 0.2) is 0 Å². The first-order valence-corrected chi connectivity index (χ1v) is 8.23. The van der Waals surface area contributed by atoms with E-state index in [-0.39, 0.29) is 0 Å². The Labute approximate surface area is 144 Å². The smallest absolute Gasteiger partial charge is 0.143 e. The Morgan fingerprint density at radius 2 is 1.65 bits per heavy atom. The topological polar surface area (TPSA) is 29.6 Å². The second-order valence-electron chi connectivity index (χ2n) is 6.49. The van der Waals surface area contributed by atoms with E-state index in [1.807, 2.05) is 37.5 Å². The number of hydrogen-bond donors (Lipinski definition) is 0. The third-order valence-electron chi connectivity index (χ3n) is 3.80. The molecule has 0 atom stereocenters. The van der Waals surface area contributed by atoms with Crippen LogP contribution in [-0.4, -0.2) is 25.7 Å². The lowest BCUT2D eigenvalue weighted by Crippen LogP contribution is -2.34. The molecule has 23 heavy (non-hydrogen) atoms. The Morgan fingerprint density at radius 1 is 0.957 bits per heavy atom. The van der Waals surface area contributed by atoms with Crippen molar-refractivity contribution in [1.29, 1.82) is 0 Å². The SMILES string of the molecule is Cn1cc(N=Nc2ccc(Br)cc2)c2c([N+](C)(C)C)cccc21. The van der Waals surface area contributed by atoms with Gasteiger partial charge in [0.2, 0.25) is 0 Å². The first-order chi connectivity index (χ1) is 10.9. The molecule has 3 aromatic rings. The Bertz CT molecular complexity index is 870. The summed E-state index contributed by atoms with van der Waals surface area (Å²) in [6.07, 6.45) is 2.03. The zero-order chi connectivity index (χ0) is 16.6. The van der Waals surface area contributed by atoms with E-state index in [1.54, 1.807) is 0 Å². The molecule has 118 valence electrons. The molecule has 3 rings (SSSR count). The minimum Gasteiger partial charge on any atom is -0.348 e. The van der Waals surface area contributed by atoms with Gasteiger partial charge >= 0.3 is 0 Å². The summed E-state index contributed by atoms with van der Waals surface area (Å²) in [4.78, 5) is 0. The largest absolute Gasteiger partial charge is 0.348 e. The lowest BCUT2D eigenvalue weighted by atomic mass is 10.1. The zero-order valence-electron chi connectivity index (χ0n) is 13.8. The summed E-state index contributed by atoms with van der Waals surface area (Å²) in [5, 5.41) is 10.1. The first kappa shape index (κ1) is 15.9. The fourth-order valence-electron chi connectivity index (χ4n) is 2.66. The Kier molecular flexibility index (Phi) is 4.08. The van der Waals surface area contributed by atoms with Crippen LogP contribution in [0.3, 0.4) is 0 Å². The van der Waals surface area contributed by atoms with Crippen molar-refractivity contribution < 1.29 is 0 Å². The van der Waals surface area contributed by atoms with Crippen LogP contribution in [0.2, 0.25) is 0 Å². The molecule has 5 heteroatoms. The van der Waals surface area contributed by atoms with Gasteiger partial charge in [-0.2, -0.15) is 5.11 Å². The van der Waals surface area contributed by atoms with E-state index >= 15 is 0 Å². The van der Waals surface area contributed by atoms with E-state index in [0.29, 0.717) is 0 Å². The van der Waals surface area contributed by atoms with Crippen LogP contribution in [0.1, 0.15) is 0 Å². The molecular weight excluding hydrogens is 352 g/mol. The fourth-order valence-corrected chi connectivity index (χ4v) is 2.92. The van der Waals surface area contributed by atoms with Crippen LogP contribution in [0.4, 0.5) is 17.1 Å². The molecule has 0 unspecified atom stereocenters. The second kappa shape index (κ2) is 5.91. The van der Waals surface area contributed by atoms with Crippen molar-refractivity contribution >= 4 is 43.9 Å². The van der Waals surface area contributed by atoms with Crippen LogP contribution in [0.5, 0.6) is 0 Å². The van der Waals surface area contributed by atoms with E-state index in [0.717, 1.165) is 25.7 Å². The highest BCUT2D eigenvalue weighted by Crippen LogP contribution is 2.37. The van der Waals surface area contributed by atoms with Gasteiger partial charge in [0, 0.05) is 17.7 Å². The number of halogens is 1. The van der Waals surface area contributed by atoms with E-state index in [9.17, 15) is 0 Å². The molecule has 0 fully saturated rings. The van der Waals surface area contributed by atoms with Crippen LogP contribution in [0.25, 0.3) is 10.9 Å². The number of azo groups is 1.